The first-order chi connectivity index (χ1) is 9.11. The van der Waals surface area contributed by atoms with E-state index in [0.717, 1.165) is 10.7 Å². The van der Waals surface area contributed by atoms with Gasteiger partial charge in [0.25, 0.3) is 0 Å². The fourth-order valence-corrected chi connectivity index (χ4v) is 2.71. The molecule has 1 amide bonds. The van der Waals surface area contributed by atoms with Gasteiger partial charge in [-0.25, -0.2) is 4.98 Å². The normalized spacial score (nSPS) is 10.8. The lowest BCUT2D eigenvalue weighted by Crippen LogP contribution is -2.34. The molecule has 0 fully saturated rings. The number of amides is 1. The number of hydrogen-bond acceptors (Lipinski definition) is 4. The molecule has 0 saturated heterocycles. The molecule has 0 unspecified atom stereocenters. The number of imidazole rings is 1. The zero-order valence-corrected chi connectivity index (χ0v) is 11.4. The van der Waals surface area contributed by atoms with Gasteiger partial charge in [0.05, 0.1) is 12.8 Å². The maximum Gasteiger partial charge on any atom is 0.305 e. The molecular weight excluding hydrogens is 266 g/mol. The van der Waals surface area contributed by atoms with Gasteiger partial charge in [-0.2, -0.15) is 0 Å². The first kappa shape index (κ1) is 13.5. The van der Waals surface area contributed by atoms with Crippen LogP contribution in [-0.2, 0) is 16.0 Å². The summed E-state index contributed by atoms with van der Waals surface area (Å²) in [5.74, 6) is -0.948. The number of carbonyl (C=O) groups excluding carboxylic acids is 1. The molecule has 0 radical (unpaired) electrons. The quantitative estimate of drug-likeness (QED) is 0.865. The molecule has 2 aromatic heterocycles. The van der Waals surface area contributed by atoms with Crippen LogP contribution in [0.2, 0.25) is 0 Å². The average Bonchev–Trinajstić information content (AvgIpc) is 2.94. The van der Waals surface area contributed by atoms with Gasteiger partial charge in [0.15, 0.2) is 4.96 Å². The molecule has 0 saturated carbocycles. The smallest absolute Gasteiger partial charge is 0.305 e. The summed E-state index contributed by atoms with van der Waals surface area (Å²) in [4.78, 5) is 29.2. The highest BCUT2D eigenvalue weighted by Crippen LogP contribution is 2.15. The van der Waals surface area contributed by atoms with Crippen LogP contribution in [0.4, 0.5) is 0 Å². The summed E-state index contributed by atoms with van der Waals surface area (Å²) in [5.41, 5.74) is 0.885. The van der Waals surface area contributed by atoms with Crippen molar-refractivity contribution >= 4 is 28.2 Å². The number of aliphatic carboxylic acids is 1. The van der Waals surface area contributed by atoms with Crippen molar-refractivity contribution in [1.29, 1.82) is 0 Å². The Bertz CT molecular complexity index is 590. The Morgan fingerprint density at radius 2 is 2.32 bits per heavy atom. The van der Waals surface area contributed by atoms with E-state index in [0.29, 0.717) is 6.54 Å². The van der Waals surface area contributed by atoms with Crippen LogP contribution < -0.4 is 0 Å². The molecule has 7 heteroatoms. The Labute approximate surface area is 114 Å². The number of aromatic nitrogens is 2. The lowest BCUT2D eigenvalue weighted by Gasteiger charge is -2.19. The predicted octanol–water partition coefficient (Wildman–Crippen LogP) is 1.26. The van der Waals surface area contributed by atoms with Gasteiger partial charge in [0.1, 0.15) is 0 Å². The van der Waals surface area contributed by atoms with E-state index in [1.54, 1.807) is 11.1 Å². The number of carboxylic acid groups (broad SMARTS) is 1. The molecule has 0 bridgehead atoms. The molecule has 0 aromatic carbocycles. The highest BCUT2D eigenvalue weighted by molar-refractivity contribution is 7.15. The number of likely N-dealkylation sites (N-methyl/N-ethyl adjacent to an activating group) is 1. The van der Waals surface area contributed by atoms with Crippen molar-refractivity contribution in [3.05, 3.63) is 23.5 Å². The SMILES string of the molecule is CCN(CCC(=O)O)C(=O)Cc1csc2nccn12. The predicted molar refractivity (Wildman–Crippen MR) is 71.3 cm³/mol. The number of fused-ring (bicyclic) bond motifs is 1. The van der Waals surface area contributed by atoms with Crippen molar-refractivity contribution in [3.63, 3.8) is 0 Å². The van der Waals surface area contributed by atoms with Crippen molar-refractivity contribution in [3.8, 4) is 0 Å². The van der Waals surface area contributed by atoms with E-state index in [9.17, 15) is 9.59 Å². The van der Waals surface area contributed by atoms with E-state index < -0.39 is 5.97 Å². The summed E-state index contributed by atoms with van der Waals surface area (Å²) in [6.07, 6.45) is 3.76. The standard InChI is InChI=1S/C12H15N3O3S/c1-2-14(5-3-11(17)18)10(16)7-9-8-19-12-13-4-6-15(9)12/h4,6,8H,2-3,5,7H2,1H3,(H,17,18). The van der Waals surface area contributed by atoms with Crippen LogP contribution in [0.3, 0.4) is 0 Å². The average molecular weight is 281 g/mol. The van der Waals surface area contributed by atoms with Crippen molar-refractivity contribution < 1.29 is 14.7 Å². The molecule has 0 spiro atoms. The van der Waals surface area contributed by atoms with E-state index in [2.05, 4.69) is 4.98 Å². The number of carbonyl (C=O) groups is 2. The second kappa shape index (κ2) is 5.83. The summed E-state index contributed by atoms with van der Waals surface area (Å²) in [6.45, 7) is 2.62. The van der Waals surface area contributed by atoms with Crippen molar-refractivity contribution in [1.82, 2.24) is 14.3 Å². The van der Waals surface area contributed by atoms with Gasteiger partial charge < -0.3 is 10.0 Å². The monoisotopic (exact) mass is 281 g/mol. The topological polar surface area (TPSA) is 74.9 Å². The minimum absolute atomic E-state index is 0.0241. The van der Waals surface area contributed by atoms with Crippen LogP contribution in [-0.4, -0.2) is 44.4 Å². The third kappa shape index (κ3) is 3.11. The molecule has 1 N–H and O–H groups in total. The number of rotatable bonds is 6. The van der Waals surface area contributed by atoms with Gasteiger partial charge >= 0.3 is 5.97 Å². The maximum atomic E-state index is 12.1. The van der Waals surface area contributed by atoms with Crippen LogP contribution in [0.5, 0.6) is 0 Å². The molecule has 0 atom stereocenters. The molecule has 6 nitrogen and oxygen atoms in total. The first-order valence-corrected chi connectivity index (χ1v) is 6.88. The number of hydrogen-bond donors (Lipinski definition) is 1. The van der Waals surface area contributed by atoms with E-state index >= 15 is 0 Å². The lowest BCUT2D eigenvalue weighted by molar-refractivity contribution is -0.138. The summed E-state index contributed by atoms with van der Waals surface area (Å²) >= 11 is 1.49. The van der Waals surface area contributed by atoms with Gasteiger partial charge in [0.2, 0.25) is 5.91 Å². The van der Waals surface area contributed by atoms with Crippen molar-refractivity contribution in [2.75, 3.05) is 13.1 Å². The Balaban J connectivity index is 2.03. The third-order valence-corrected chi connectivity index (χ3v) is 3.78. The first-order valence-electron chi connectivity index (χ1n) is 6.00. The second-order valence-corrected chi connectivity index (χ2v) is 4.94. The molecule has 102 valence electrons. The van der Waals surface area contributed by atoms with Gasteiger partial charge in [-0.3, -0.25) is 14.0 Å². The van der Waals surface area contributed by atoms with E-state index in [4.69, 9.17) is 5.11 Å². The number of carboxylic acids is 1. The van der Waals surface area contributed by atoms with Crippen LogP contribution >= 0.6 is 11.3 Å². The fourth-order valence-electron chi connectivity index (χ4n) is 1.86. The third-order valence-electron chi connectivity index (χ3n) is 2.88. The molecule has 0 aliphatic carbocycles. The van der Waals surface area contributed by atoms with E-state index in [1.165, 1.54) is 11.3 Å². The Morgan fingerprint density at radius 3 is 3.00 bits per heavy atom. The summed E-state index contributed by atoms with van der Waals surface area (Å²) in [5, 5.41) is 10.6. The summed E-state index contributed by atoms with van der Waals surface area (Å²) in [7, 11) is 0. The zero-order valence-electron chi connectivity index (χ0n) is 10.6. The maximum absolute atomic E-state index is 12.1. The van der Waals surface area contributed by atoms with Gasteiger partial charge in [-0.1, -0.05) is 0 Å². The van der Waals surface area contributed by atoms with Crippen LogP contribution in [0, 0.1) is 0 Å². The van der Waals surface area contributed by atoms with E-state index in [1.807, 2.05) is 22.9 Å². The molecule has 2 rings (SSSR count). The molecule has 0 aliphatic rings. The van der Waals surface area contributed by atoms with Gasteiger partial charge in [0, 0.05) is 36.6 Å². The van der Waals surface area contributed by atoms with Crippen LogP contribution in [0.1, 0.15) is 19.0 Å². The number of thiazole rings is 1. The largest absolute Gasteiger partial charge is 0.481 e. The molecular formula is C12H15N3O3S. The van der Waals surface area contributed by atoms with Gasteiger partial charge in [-0.05, 0) is 6.92 Å². The Kier molecular flexibility index (Phi) is 4.16. The zero-order chi connectivity index (χ0) is 13.8. The molecule has 2 aromatic rings. The highest BCUT2D eigenvalue weighted by atomic mass is 32.1. The number of nitrogens with zero attached hydrogens (tertiary/aromatic N) is 3. The van der Waals surface area contributed by atoms with Crippen LogP contribution in [0.25, 0.3) is 4.96 Å². The van der Waals surface area contributed by atoms with Crippen molar-refractivity contribution in [2.24, 2.45) is 0 Å². The van der Waals surface area contributed by atoms with Crippen LogP contribution in [0.15, 0.2) is 17.8 Å². The van der Waals surface area contributed by atoms with Crippen molar-refractivity contribution in [2.45, 2.75) is 19.8 Å². The Hall–Kier alpha value is -1.89. The minimum atomic E-state index is -0.890. The fraction of sp³-hybridized carbons (Fsp3) is 0.417. The van der Waals surface area contributed by atoms with E-state index in [-0.39, 0.29) is 25.3 Å². The molecule has 0 aliphatic heterocycles. The lowest BCUT2D eigenvalue weighted by atomic mass is 10.2. The molecule has 2 heterocycles. The van der Waals surface area contributed by atoms with Gasteiger partial charge in [-0.15, -0.1) is 11.3 Å². The molecule has 19 heavy (non-hydrogen) atoms. The minimum Gasteiger partial charge on any atom is -0.481 e. The Morgan fingerprint density at radius 1 is 1.53 bits per heavy atom. The highest BCUT2D eigenvalue weighted by Gasteiger charge is 2.15. The summed E-state index contributed by atoms with van der Waals surface area (Å²) < 4.78 is 1.88. The second-order valence-electron chi connectivity index (χ2n) is 4.10. The summed E-state index contributed by atoms with van der Waals surface area (Å²) in [6, 6.07) is 0.